The Morgan fingerprint density at radius 1 is 1.08 bits per heavy atom. The molecule has 3 aliphatic heterocycles. The van der Waals surface area contributed by atoms with Crippen molar-refractivity contribution in [3.05, 3.63) is 64.3 Å². The molecule has 2 fully saturated rings. The highest BCUT2D eigenvalue weighted by Crippen LogP contribution is 2.37. The Balaban J connectivity index is 1.36. The van der Waals surface area contributed by atoms with Crippen LogP contribution in [0.2, 0.25) is 5.02 Å². The second-order valence-corrected chi connectivity index (χ2v) is 11.4. The van der Waals surface area contributed by atoms with Crippen LogP contribution in [0.25, 0.3) is 16.6 Å². The molecule has 194 valence electrons. The van der Waals surface area contributed by atoms with Crippen LogP contribution in [-0.4, -0.2) is 76.0 Å². The zero-order valence-corrected chi connectivity index (χ0v) is 22.4. The monoisotopic (exact) mass is 518 g/mol. The Labute approximate surface area is 223 Å². The van der Waals surface area contributed by atoms with Gasteiger partial charge in [0.1, 0.15) is 0 Å². The van der Waals surface area contributed by atoms with Gasteiger partial charge in [0.25, 0.3) is 0 Å². The number of aromatic nitrogens is 1. The number of fused-ring (bicyclic) bond motifs is 3. The van der Waals surface area contributed by atoms with Crippen LogP contribution in [-0.2, 0) is 6.42 Å². The van der Waals surface area contributed by atoms with Crippen molar-refractivity contribution in [2.75, 3.05) is 26.7 Å². The molecule has 2 saturated heterocycles. The van der Waals surface area contributed by atoms with Gasteiger partial charge in [-0.15, -0.1) is 0 Å². The van der Waals surface area contributed by atoms with Crippen molar-refractivity contribution in [1.29, 1.82) is 0 Å². The first-order valence-electron chi connectivity index (χ1n) is 13.5. The number of Topliss-reactive ketones (excluding diaryl/α,β-unsaturated/α-hetero) is 1. The van der Waals surface area contributed by atoms with Gasteiger partial charge in [-0.05, 0) is 74.9 Å². The zero-order chi connectivity index (χ0) is 25.7. The summed E-state index contributed by atoms with van der Waals surface area (Å²) in [6, 6.07) is 15.0. The third-order valence-electron chi connectivity index (χ3n) is 8.63. The maximum absolute atomic E-state index is 13.9. The highest BCUT2D eigenvalue weighted by molar-refractivity contribution is 6.30. The van der Waals surface area contributed by atoms with E-state index in [1.165, 1.54) is 11.4 Å². The molecule has 1 N–H and O–H groups in total. The van der Waals surface area contributed by atoms with Gasteiger partial charge >= 0.3 is 0 Å². The fraction of sp³-hybridized carbons (Fsp3) is 0.467. The number of aryl methyl sites for hydroxylation is 1. The minimum atomic E-state index is -0.231. The first-order chi connectivity index (χ1) is 17.9. The predicted molar refractivity (Wildman–Crippen MR) is 149 cm³/mol. The van der Waals surface area contributed by atoms with Gasteiger partial charge in [-0.3, -0.25) is 14.7 Å². The van der Waals surface area contributed by atoms with Crippen molar-refractivity contribution < 1.29 is 9.90 Å². The third kappa shape index (κ3) is 4.60. The first kappa shape index (κ1) is 24.7. The number of piperidine rings is 1. The summed E-state index contributed by atoms with van der Waals surface area (Å²) in [5, 5.41) is 11.9. The van der Waals surface area contributed by atoms with E-state index in [0.717, 1.165) is 79.5 Å². The first-order valence-corrected chi connectivity index (χ1v) is 13.9. The molecule has 7 heteroatoms. The molecule has 0 radical (unpaired) electrons. The molecule has 37 heavy (non-hydrogen) atoms. The molecule has 4 heterocycles. The maximum atomic E-state index is 13.9. The number of benzene rings is 2. The van der Waals surface area contributed by atoms with Gasteiger partial charge in [0.15, 0.2) is 5.78 Å². The topological polar surface area (TPSA) is 61.1 Å². The summed E-state index contributed by atoms with van der Waals surface area (Å²) in [6.45, 7) is 4.34. The van der Waals surface area contributed by atoms with Crippen LogP contribution < -0.4 is 0 Å². The highest BCUT2D eigenvalue weighted by Gasteiger charge is 2.41. The number of carbonyl (C=O) groups is 1. The van der Waals surface area contributed by atoms with Gasteiger partial charge in [0.2, 0.25) is 0 Å². The van der Waals surface area contributed by atoms with Crippen LogP contribution in [0.3, 0.4) is 0 Å². The number of halogens is 1. The van der Waals surface area contributed by atoms with Crippen molar-refractivity contribution in [3.8, 4) is 5.69 Å². The normalized spacial score (nSPS) is 23.7. The van der Waals surface area contributed by atoms with Gasteiger partial charge in [-0.25, -0.2) is 0 Å². The lowest BCUT2D eigenvalue weighted by Gasteiger charge is -2.36. The van der Waals surface area contributed by atoms with Gasteiger partial charge in [0, 0.05) is 59.5 Å². The lowest BCUT2D eigenvalue weighted by molar-refractivity contribution is 0.0344. The van der Waals surface area contributed by atoms with Crippen molar-refractivity contribution in [3.63, 3.8) is 0 Å². The number of rotatable bonds is 7. The van der Waals surface area contributed by atoms with E-state index in [9.17, 15) is 9.90 Å². The van der Waals surface area contributed by atoms with Crippen molar-refractivity contribution >= 4 is 34.1 Å². The fourth-order valence-corrected chi connectivity index (χ4v) is 6.87. The molecule has 6 rings (SSSR count). The van der Waals surface area contributed by atoms with Crippen LogP contribution in [0.5, 0.6) is 0 Å². The van der Waals surface area contributed by atoms with E-state index in [1.54, 1.807) is 0 Å². The largest absolute Gasteiger partial charge is 0.393 e. The molecule has 0 unspecified atom stereocenters. The molecule has 1 aromatic heterocycles. The standard InChI is InChI=1S/C30H35ClN4O2/c1-19-30(28(37)18-34-23-9-10-24(34)17-25(36)16-23)26-11-3-20(4-12-29-32-13-14-33(29)2)15-27(26)35(19)22-7-5-21(31)6-8-22/h3,5-8,11,15,23-25,36H,4,9-10,12-14,16-18H2,1-2H3/t23-,24+,25+. The molecule has 6 nitrogen and oxygen atoms in total. The number of aliphatic imine (C=N–C) groups is 1. The average Bonchev–Trinajstić information content (AvgIpc) is 3.49. The third-order valence-corrected chi connectivity index (χ3v) is 8.88. The van der Waals surface area contributed by atoms with Gasteiger partial charge in [0.05, 0.1) is 30.5 Å². The molecule has 2 aromatic carbocycles. The number of nitrogens with zero attached hydrogens (tertiary/aromatic N) is 4. The lowest BCUT2D eigenvalue weighted by Crippen LogP contribution is -2.46. The van der Waals surface area contributed by atoms with E-state index in [1.807, 2.05) is 24.3 Å². The number of hydrogen-bond acceptors (Lipinski definition) is 5. The summed E-state index contributed by atoms with van der Waals surface area (Å²) >= 11 is 6.20. The molecule has 2 bridgehead atoms. The predicted octanol–water partition coefficient (Wildman–Crippen LogP) is 5.04. The molecular weight excluding hydrogens is 484 g/mol. The Hall–Kier alpha value is -2.67. The van der Waals surface area contributed by atoms with Crippen LogP contribution >= 0.6 is 11.6 Å². The fourth-order valence-electron chi connectivity index (χ4n) is 6.74. The van der Waals surface area contributed by atoms with Crippen molar-refractivity contribution in [2.24, 2.45) is 4.99 Å². The second-order valence-electron chi connectivity index (χ2n) is 10.9. The van der Waals surface area contributed by atoms with Crippen LogP contribution in [0.4, 0.5) is 0 Å². The molecule has 0 saturated carbocycles. The van der Waals surface area contributed by atoms with E-state index in [4.69, 9.17) is 11.6 Å². The summed E-state index contributed by atoms with van der Waals surface area (Å²) in [5.41, 5.74) is 5.07. The maximum Gasteiger partial charge on any atom is 0.179 e. The number of ketones is 1. The molecular formula is C30H35ClN4O2. The number of likely N-dealkylation sites (N-methyl/N-ethyl adjacent to an activating group) is 1. The van der Waals surface area contributed by atoms with Crippen LogP contribution in [0.15, 0.2) is 47.5 Å². The molecule has 3 atom stereocenters. The number of carbonyl (C=O) groups excluding carboxylic acids is 1. The lowest BCUT2D eigenvalue weighted by atomic mass is 9.98. The zero-order valence-electron chi connectivity index (χ0n) is 21.7. The molecule has 0 aliphatic carbocycles. The molecule has 0 spiro atoms. The molecule has 3 aromatic rings. The summed E-state index contributed by atoms with van der Waals surface area (Å²) in [6.07, 6.45) is 5.29. The van der Waals surface area contributed by atoms with E-state index < -0.39 is 0 Å². The summed E-state index contributed by atoms with van der Waals surface area (Å²) < 4.78 is 2.20. The van der Waals surface area contributed by atoms with E-state index in [0.29, 0.717) is 23.7 Å². The summed E-state index contributed by atoms with van der Waals surface area (Å²) in [7, 11) is 2.11. The minimum absolute atomic E-state index is 0.165. The van der Waals surface area contributed by atoms with Gasteiger partial charge in [-0.1, -0.05) is 23.7 Å². The number of amidine groups is 1. The van der Waals surface area contributed by atoms with E-state index >= 15 is 0 Å². The Morgan fingerprint density at radius 3 is 2.49 bits per heavy atom. The van der Waals surface area contributed by atoms with Gasteiger partial charge in [-0.2, -0.15) is 0 Å². The molecule has 0 amide bonds. The number of aliphatic hydroxyl groups excluding tert-OH is 1. The SMILES string of the molecule is Cc1c(C(=O)CN2[C@@H]3CC[C@H]2C[C@@H](O)C3)c2ccc(CCC3=NCCN3C)cc2n1-c1ccc(Cl)cc1. The Bertz CT molecular complexity index is 1350. The highest BCUT2D eigenvalue weighted by atomic mass is 35.5. The molecule has 3 aliphatic rings. The average molecular weight is 519 g/mol. The second kappa shape index (κ2) is 9.90. The van der Waals surface area contributed by atoms with Crippen LogP contribution in [0, 0.1) is 6.92 Å². The van der Waals surface area contributed by atoms with Crippen molar-refractivity contribution in [2.45, 2.75) is 63.6 Å². The van der Waals surface area contributed by atoms with Gasteiger partial charge < -0.3 is 14.6 Å². The Kier molecular flexibility index (Phi) is 6.59. The number of hydrogen-bond donors (Lipinski definition) is 1. The van der Waals surface area contributed by atoms with Crippen LogP contribution in [0.1, 0.15) is 53.7 Å². The van der Waals surface area contributed by atoms with E-state index in [2.05, 4.69) is 51.5 Å². The number of aliphatic hydroxyl groups is 1. The van der Waals surface area contributed by atoms with Crippen molar-refractivity contribution in [1.82, 2.24) is 14.4 Å². The summed E-state index contributed by atoms with van der Waals surface area (Å²) in [5.74, 6) is 1.33. The quantitative estimate of drug-likeness (QED) is 0.445. The Morgan fingerprint density at radius 2 is 1.81 bits per heavy atom. The minimum Gasteiger partial charge on any atom is -0.393 e. The summed E-state index contributed by atoms with van der Waals surface area (Å²) in [4.78, 5) is 23.1. The smallest absolute Gasteiger partial charge is 0.179 e. The van der Waals surface area contributed by atoms with E-state index in [-0.39, 0.29) is 11.9 Å².